The van der Waals surface area contributed by atoms with E-state index in [9.17, 15) is 9.59 Å². The van der Waals surface area contributed by atoms with E-state index >= 15 is 0 Å². The number of amides is 2. The molecular weight excluding hydrogens is 558 g/mol. The van der Waals surface area contributed by atoms with Crippen LogP contribution in [0.3, 0.4) is 0 Å². The van der Waals surface area contributed by atoms with Crippen LogP contribution in [0.15, 0.2) is 97.1 Å². The lowest BCUT2D eigenvalue weighted by molar-refractivity contribution is -0.133. The number of hydrogen-bond acceptors (Lipinski definition) is 4. The van der Waals surface area contributed by atoms with Crippen molar-refractivity contribution in [1.82, 2.24) is 15.5 Å². The fourth-order valence-electron chi connectivity index (χ4n) is 5.73. The molecule has 7 heteroatoms. The lowest BCUT2D eigenvalue weighted by Crippen LogP contribution is -2.49. The number of ether oxygens (including phenoxy) is 1. The zero-order valence-electron chi connectivity index (χ0n) is 24.7. The van der Waals surface area contributed by atoms with E-state index in [0.29, 0.717) is 49.9 Å². The van der Waals surface area contributed by atoms with Gasteiger partial charge >= 0.3 is 0 Å². The van der Waals surface area contributed by atoms with E-state index in [1.807, 2.05) is 77.7 Å². The Morgan fingerprint density at radius 2 is 1.72 bits per heavy atom. The van der Waals surface area contributed by atoms with Crippen LogP contribution in [0.5, 0.6) is 0 Å². The zero-order valence-corrected chi connectivity index (χ0v) is 25.4. The molecule has 3 atom stereocenters. The molecule has 43 heavy (non-hydrogen) atoms. The maximum Gasteiger partial charge on any atom is 0.251 e. The van der Waals surface area contributed by atoms with Crippen LogP contribution < -0.4 is 10.6 Å². The topological polar surface area (TPSA) is 70.7 Å². The Morgan fingerprint density at radius 1 is 1.00 bits per heavy atom. The largest absolute Gasteiger partial charge is 0.377 e. The second-order valence-corrected chi connectivity index (χ2v) is 11.7. The van der Waals surface area contributed by atoms with E-state index in [0.717, 1.165) is 29.2 Å². The van der Waals surface area contributed by atoms with Crippen molar-refractivity contribution in [3.05, 3.63) is 119 Å². The minimum atomic E-state index is -0.390. The molecule has 0 aromatic heterocycles. The van der Waals surface area contributed by atoms with E-state index in [2.05, 4.69) is 41.8 Å². The van der Waals surface area contributed by atoms with E-state index in [4.69, 9.17) is 16.3 Å². The average Bonchev–Trinajstić information content (AvgIpc) is 3.19. The summed E-state index contributed by atoms with van der Waals surface area (Å²) in [6.07, 6.45) is 2.25. The van der Waals surface area contributed by atoms with Crippen LogP contribution in [0.2, 0.25) is 5.02 Å². The first-order valence-electron chi connectivity index (χ1n) is 15.2. The molecule has 5 rings (SSSR count). The predicted octanol–water partition coefficient (Wildman–Crippen LogP) is 6.58. The molecule has 1 saturated heterocycles. The van der Waals surface area contributed by atoms with Crippen molar-refractivity contribution in [2.45, 2.75) is 50.8 Å². The van der Waals surface area contributed by atoms with Gasteiger partial charge in [0, 0.05) is 48.8 Å². The Kier molecular flexibility index (Phi) is 10.8. The van der Waals surface area contributed by atoms with E-state index < -0.39 is 0 Å². The SMILES string of the molecule is CC[C@H](CN1CC[C@H](CNC(=O)c2ccc3cc(Cl)ccc3c2)N[C@H](CCOCc2ccccc2)C1=O)c1ccccc1. The molecule has 0 saturated carbocycles. The number of rotatable bonds is 12. The molecule has 4 aromatic carbocycles. The van der Waals surface area contributed by atoms with Crippen LogP contribution in [0.4, 0.5) is 0 Å². The molecule has 0 bridgehead atoms. The van der Waals surface area contributed by atoms with Crippen LogP contribution >= 0.6 is 11.6 Å². The summed E-state index contributed by atoms with van der Waals surface area (Å²) in [5.41, 5.74) is 2.95. The van der Waals surface area contributed by atoms with Gasteiger partial charge in [-0.3, -0.25) is 9.59 Å². The molecule has 1 aliphatic heterocycles. The van der Waals surface area contributed by atoms with E-state index in [1.54, 1.807) is 0 Å². The van der Waals surface area contributed by atoms with Gasteiger partial charge in [-0.15, -0.1) is 0 Å². The number of carbonyl (C=O) groups excluding carboxylic acids is 2. The highest BCUT2D eigenvalue weighted by Crippen LogP contribution is 2.23. The molecule has 1 fully saturated rings. The van der Waals surface area contributed by atoms with Crippen molar-refractivity contribution in [2.75, 3.05) is 26.2 Å². The lowest BCUT2D eigenvalue weighted by Gasteiger charge is -2.28. The van der Waals surface area contributed by atoms with Crippen LogP contribution in [0.25, 0.3) is 10.8 Å². The normalized spacial score (nSPS) is 17.9. The van der Waals surface area contributed by atoms with Crippen LogP contribution in [0.1, 0.15) is 53.6 Å². The molecule has 4 aromatic rings. The first-order valence-corrected chi connectivity index (χ1v) is 15.6. The minimum Gasteiger partial charge on any atom is -0.377 e. The van der Waals surface area contributed by atoms with Gasteiger partial charge in [0.05, 0.1) is 12.6 Å². The number of halogens is 1. The number of carbonyl (C=O) groups is 2. The van der Waals surface area contributed by atoms with Gasteiger partial charge in [0.2, 0.25) is 5.91 Å². The summed E-state index contributed by atoms with van der Waals surface area (Å²) in [7, 11) is 0. The number of benzene rings is 4. The van der Waals surface area contributed by atoms with Crippen molar-refractivity contribution < 1.29 is 14.3 Å². The van der Waals surface area contributed by atoms with Crippen LogP contribution in [-0.4, -0.2) is 55.0 Å². The van der Waals surface area contributed by atoms with Gasteiger partial charge < -0.3 is 20.3 Å². The monoisotopic (exact) mass is 597 g/mol. The molecule has 2 N–H and O–H groups in total. The Bertz CT molecular complexity index is 1500. The van der Waals surface area contributed by atoms with Crippen LogP contribution in [0, 0.1) is 0 Å². The summed E-state index contributed by atoms with van der Waals surface area (Å²) < 4.78 is 5.96. The molecule has 0 aliphatic carbocycles. The van der Waals surface area contributed by atoms with E-state index in [1.165, 1.54) is 5.56 Å². The highest BCUT2D eigenvalue weighted by atomic mass is 35.5. The second kappa shape index (κ2) is 15.1. The number of fused-ring (bicyclic) bond motifs is 1. The molecule has 0 unspecified atom stereocenters. The van der Waals surface area contributed by atoms with Gasteiger partial charge in [-0.2, -0.15) is 0 Å². The van der Waals surface area contributed by atoms with Gasteiger partial charge in [-0.05, 0) is 65.4 Å². The van der Waals surface area contributed by atoms with Crippen molar-refractivity contribution in [2.24, 2.45) is 0 Å². The maximum absolute atomic E-state index is 13.9. The van der Waals surface area contributed by atoms with Gasteiger partial charge in [0.25, 0.3) is 5.91 Å². The van der Waals surface area contributed by atoms with Crippen molar-refractivity contribution >= 4 is 34.2 Å². The Hall–Kier alpha value is -3.71. The van der Waals surface area contributed by atoms with Gasteiger partial charge in [0.15, 0.2) is 0 Å². The van der Waals surface area contributed by atoms with E-state index in [-0.39, 0.29) is 29.8 Å². The molecule has 2 amide bonds. The van der Waals surface area contributed by atoms with Crippen molar-refractivity contribution in [3.8, 4) is 0 Å². The average molecular weight is 598 g/mol. The van der Waals surface area contributed by atoms with Gasteiger partial charge in [0.1, 0.15) is 0 Å². The molecule has 6 nitrogen and oxygen atoms in total. The number of hydrogen-bond donors (Lipinski definition) is 2. The van der Waals surface area contributed by atoms with Gasteiger partial charge in [-0.25, -0.2) is 0 Å². The molecule has 0 spiro atoms. The third-order valence-corrected chi connectivity index (χ3v) is 8.47. The summed E-state index contributed by atoms with van der Waals surface area (Å²) in [5.74, 6) is 0.225. The Morgan fingerprint density at radius 3 is 2.49 bits per heavy atom. The highest BCUT2D eigenvalue weighted by Gasteiger charge is 2.32. The second-order valence-electron chi connectivity index (χ2n) is 11.2. The summed E-state index contributed by atoms with van der Waals surface area (Å²) >= 11 is 6.12. The standard InChI is InChI=1S/C36H40ClN3O3/c1-2-27(28-11-7-4-8-12-28)24-40-19-17-33(39-34(36(40)42)18-20-43-25-26-9-5-3-6-10-26)23-38-35(41)31-14-13-30-22-32(37)16-15-29(30)21-31/h3-16,21-22,27,33-34,39H,2,17-20,23-25H2,1H3,(H,38,41)/t27-,33-,34-/m1/s1. The zero-order chi connectivity index (χ0) is 30.0. The van der Waals surface area contributed by atoms with Crippen molar-refractivity contribution in [1.29, 1.82) is 0 Å². The molecule has 1 aliphatic rings. The maximum atomic E-state index is 13.9. The fourth-order valence-corrected chi connectivity index (χ4v) is 5.91. The smallest absolute Gasteiger partial charge is 0.251 e. The third kappa shape index (κ3) is 8.44. The summed E-state index contributed by atoms with van der Waals surface area (Å²) in [6.45, 7) is 4.87. The summed E-state index contributed by atoms with van der Waals surface area (Å²) in [6, 6.07) is 31.3. The highest BCUT2D eigenvalue weighted by molar-refractivity contribution is 6.31. The predicted molar refractivity (Wildman–Crippen MR) is 173 cm³/mol. The molecule has 0 radical (unpaired) electrons. The first-order chi connectivity index (χ1) is 21.0. The summed E-state index contributed by atoms with van der Waals surface area (Å²) in [5, 5.41) is 9.29. The molecular formula is C36H40ClN3O3. The molecule has 1 heterocycles. The van der Waals surface area contributed by atoms with Crippen molar-refractivity contribution in [3.63, 3.8) is 0 Å². The third-order valence-electron chi connectivity index (χ3n) is 8.23. The number of nitrogens with zero attached hydrogens (tertiary/aromatic N) is 1. The fraction of sp³-hybridized carbons (Fsp3) is 0.333. The first kappa shape index (κ1) is 30.7. The number of nitrogens with one attached hydrogen (secondary N) is 2. The minimum absolute atomic E-state index is 0.0481. The van der Waals surface area contributed by atoms with Gasteiger partial charge in [-0.1, -0.05) is 91.3 Å². The lowest BCUT2D eigenvalue weighted by atomic mass is 9.95. The Labute approximate surface area is 259 Å². The summed E-state index contributed by atoms with van der Waals surface area (Å²) in [4.78, 5) is 29.0. The Balaban J connectivity index is 1.24. The quantitative estimate of drug-likeness (QED) is 0.181. The van der Waals surface area contributed by atoms with Crippen LogP contribution in [-0.2, 0) is 16.1 Å². The molecule has 224 valence electrons.